The zero-order valence-electron chi connectivity index (χ0n) is 16.1. The number of para-hydroxylation sites is 2. The topological polar surface area (TPSA) is 87.7 Å². The maximum Gasteiger partial charge on any atom is 0.338 e. The standard InChI is InChI=1S/C21H23N3O4/c1-4-28-19(26)14-9-11-15(12-10-14)22-18(25)13-24-17-8-6-5-7-16(17)23-21(2,3)20(24)27/h5-12,23H,4,13H2,1-3H3,(H,22,25). The number of esters is 1. The Bertz CT molecular complexity index is 906. The molecular weight excluding hydrogens is 358 g/mol. The quantitative estimate of drug-likeness (QED) is 0.778. The van der Waals surface area contributed by atoms with Gasteiger partial charge in [-0.05, 0) is 57.2 Å². The Hall–Kier alpha value is -3.35. The van der Waals surface area contributed by atoms with E-state index in [0.29, 0.717) is 23.5 Å². The molecule has 0 fully saturated rings. The number of ether oxygens (including phenoxy) is 1. The van der Waals surface area contributed by atoms with Crippen molar-refractivity contribution in [2.45, 2.75) is 26.3 Å². The summed E-state index contributed by atoms with van der Waals surface area (Å²) in [5.74, 6) is -0.922. The number of benzene rings is 2. The Labute approximate surface area is 163 Å². The maximum absolute atomic E-state index is 12.8. The average molecular weight is 381 g/mol. The van der Waals surface area contributed by atoms with Gasteiger partial charge < -0.3 is 15.4 Å². The van der Waals surface area contributed by atoms with Gasteiger partial charge in [-0.2, -0.15) is 0 Å². The number of carbonyl (C=O) groups is 3. The number of carbonyl (C=O) groups excluding carboxylic acids is 3. The van der Waals surface area contributed by atoms with Crippen LogP contribution in [0, 0.1) is 0 Å². The molecule has 2 aromatic rings. The Balaban J connectivity index is 1.72. The number of hydrogen-bond donors (Lipinski definition) is 2. The van der Waals surface area contributed by atoms with Crippen LogP contribution in [0.15, 0.2) is 48.5 Å². The predicted octanol–water partition coefficient (Wildman–Crippen LogP) is 3.04. The second kappa shape index (κ2) is 7.72. The number of anilines is 3. The summed E-state index contributed by atoms with van der Waals surface area (Å²) in [6, 6.07) is 13.8. The zero-order valence-corrected chi connectivity index (χ0v) is 16.1. The molecule has 2 N–H and O–H groups in total. The van der Waals surface area contributed by atoms with E-state index < -0.39 is 11.5 Å². The SMILES string of the molecule is CCOC(=O)c1ccc(NC(=O)CN2C(=O)C(C)(C)Nc3ccccc32)cc1. The molecule has 2 aromatic carbocycles. The first-order valence-electron chi connectivity index (χ1n) is 9.08. The van der Waals surface area contributed by atoms with Crippen LogP contribution in [0.1, 0.15) is 31.1 Å². The minimum atomic E-state index is -0.810. The Morgan fingerprint density at radius 3 is 2.46 bits per heavy atom. The second-order valence-corrected chi connectivity index (χ2v) is 7.00. The summed E-state index contributed by atoms with van der Waals surface area (Å²) in [5.41, 5.74) is 1.61. The van der Waals surface area contributed by atoms with E-state index in [0.717, 1.165) is 5.69 Å². The number of nitrogens with zero attached hydrogens (tertiary/aromatic N) is 1. The second-order valence-electron chi connectivity index (χ2n) is 7.00. The van der Waals surface area contributed by atoms with Crippen molar-refractivity contribution in [2.24, 2.45) is 0 Å². The minimum absolute atomic E-state index is 0.111. The summed E-state index contributed by atoms with van der Waals surface area (Å²) in [5, 5.41) is 5.96. The van der Waals surface area contributed by atoms with Gasteiger partial charge in [0.2, 0.25) is 5.91 Å². The molecule has 1 aliphatic rings. The van der Waals surface area contributed by atoms with Crippen LogP contribution in [-0.4, -0.2) is 36.5 Å². The van der Waals surface area contributed by atoms with Crippen LogP contribution in [0.4, 0.5) is 17.1 Å². The van der Waals surface area contributed by atoms with Gasteiger partial charge in [0, 0.05) is 5.69 Å². The predicted molar refractivity (Wildman–Crippen MR) is 108 cm³/mol. The van der Waals surface area contributed by atoms with Crippen LogP contribution in [0.25, 0.3) is 0 Å². The highest BCUT2D eigenvalue weighted by molar-refractivity contribution is 6.11. The lowest BCUT2D eigenvalue weighted by atomic mass is 9.98. The summed E-state index contributed by atoms with van der Waals surface area (Å²) >= 11 is 0. The van der Waals surface area contributed by atoms with E-state index in [1.807, 2.05) is 18.2 Å². The van der Waals surface area contributed by atoms with Gasteiger partial charge in [0.1, 0.15) is 12.1 Å². The summed E-state index contributed by atoms with van der Waals surface area (Å²) in [7, 11) is 0. The molecule has 146 valence electrons. The molecule has 0 aliphatic carbocycles. The molecule has 0 bridgehead atoms. The summed E-state index contributed by atoms with van der Waals surface area (Å²) in [4.78, 5) is 38.5. The number of fused-ring (bicyclic) bond motifs is 1. The van der Waals surface area contributed by atoms with Gasteiger partial charge in [0.25, 0.3) is 5.91 Å². The first kappa shape index (κ1) is 19.4. The molecule has 1 heterocycles. The third-order valence-electron chi connectivity index (χ3n) is 4.40. The molecule has 0 atom stereocenters. The summed E-state index contributed by atoms with van der Waals surface area (Å²) < 4.78 is 4.94. The Morgan fingerprint density at radius 2 is 1.79 bits per heavy atom. The molecule has 28 heavy (non-hydrogen) atoms. The van der Waals surface area contributed by atoms with Gasteiger partial charge in [-0.25, -0.2) is 4.79 Å². The normalized spacial score (nSPS) is 14.7. The number of hydrogen-bond acceptors (Lipinski definition) is 5. The number of nitrogens with one attached hydrogen (secondary N) is 2. The van der Waals surface area contributed by atoms with Crippen LogP contribution >= 0.6 is 0 Å². The highest BCUT2D eigenvalue weighted by atomic mass is 16.5. The number of amides is 2. The van der Waals surface area contributed by atoms with Crippen LogP contribution in [0.5, 0.6) is 0 Å². The smallest absolute Gasteiger partial charge is 0.338 e. The van der Waals surface area contributed by atoms with Crippen molar-refractivity contribution >= 4 is 34.8 Å². The molecule has 0 saturated heterocycles. The fourth-order valence-electron chi connectivity index (χ4n) is 3.06. The van der Waals surface area contributed by atoms with Crippen LogP contribution in [0.2, 0.25) is 0 Å². The van der Waals surface area contributed by atoms with Crippen molar-refractivity contribution in [3.63, 3.8) is 0 Å². The Morgan fingerprint density at radius 1 is 1.11 bits per heavy atom. The highest BCUT2D eigenvalue weighted by Crippen LogP contribution is 2.34. The lowest BCUT2D eigenvalue weighted by Crippen LogP contribution is -2.55. The van der Waals surface area contributed by atoms with Gasteiger partial charge >= 0.3 is 5.97 Å². The molecule has 0 spiro atoms. The number of rotatable bonds is 5. The lowest BCUT2D eigenvalue weighted by molar-refractivity contribution is -0.124. The lowest BCUT2D eigenvalue weighted by Gasteiger charge is -2.39. The molecular formula is C21H23N3O4. The zero-order chi connectivity index (χ0) is 20.3. The fourth-order valence-corrected chi connectivity index (χ4v) is 3.06. The highest BCUT2D eigenvalue weighted by Gasteiger charge is 2.39. The van der Waals surface area contributed by atoms with E-state index in [4.69, 9.17) is 4.74 Å². The molecule has 0 radical (unpaired) electrons. The van der Waals surface area contributed by atoms with Crippen molar-refractivity contribution < 1.29 is 19.1 Å². The molecule has 0 saturated carbocycles. The molecule has 7 nitrogen and oxygen atoms in total. The van der Waals surface area contributed by atoms with Gasteiger partial charge in [0.15, 0.2) is 0 Å². The molecule has 2 amide bonds. The Kier molecular flexibility index (Phi) is 5.35. The average Bonchev–Trinajstić information content (AvgIpc) is 2.66. The summed E-state index contributed by atoms with van der Waals surface area (Å²) in [6.07, 6.45) is 0. The van der Waals surface area contributed by atoms with E-state index in [9.17, 15) is 14.4 Å². The summed E-state index contributed by atoms with van der Waals surface area (Å²) in [6.45, 7) is 5.49. The molecule has 3 rings (SSSR count). The van der Waals surface area contributed by atoms with Crippen LogP contribution in [-0.2, 0) is 14.3 Å². The molecule has 0 aromatic heterocycles. The van der Waals surface area contributed by atoms with Crippen molar-refractivity contribution in [3.05, 3.63) is 54.1 Å². The maximum atomic E-state index is 12.8. The molecule has 1 aliphatic heterocycles. The fraction of sp³-hybridized carbons (Fsp3) is 0.286. The first-order valence-corrected chi connectivity index (χ1v) is 9.08. The van der Waals surface area contributed by atoms with E-state index >= 15 is 0 Å². The van der Waals surface area contributed by atoms with Crippen molar-refractivity contribution in [1.82, 2.24) is 0 Å². The first-order chi connectivity index (χ1) is 13.3. The van der Waals surface area contributed by atoms with Crippen molar-refractivity contribution in [1.29, 1.82) is 0 Å². The van der Waals surface area contributed by atoms with E-state index in [1.54, 1.807) is 51.1 Å². The largest absolute Gasteiger partial charge is 0.462 e. The molecule has 0 unspecified atom stereocenters. The van der Waals surface area contributed by atoms with Gasteiger partial charge in [-0.15, -0.1) is 0 Å². The van der Waals surface area contributed by atoms with E-state index in [2.05, 4.69) is 10.6 Å². The van der Waals surface area contributed by atoms with Crippen molar-refractivity contribution in [3.8, 4) is 0 Å². The van der Waals surface area contributed by atoms with Crippen LogP contribution < -0.4 is 15.5 Å². The monoisotopic (exact) mass is 381 g/mol. The third kappa shape index (κ3) is 3.98. The van der Waals surface area contributed by atoms with Gasteiger partial charge in [-0.3, -0.25) is 14.5 Å². The van der Waals surface area contributed by atoms with E-state index in [-0.39, 0.29) is 18.4 Å². The van der Waals surface area contributed by atoms with Crippen LogP contribution in [0.3, 0.4) is 0 Å². The van der Waals surface area contributed by atoms with Gasteiger partial charge in [0.05, 0.1) is 23.5 Å². The van der Waals surface area contributed by atoms with E-state index in [1.165, 1.54) is 4.90 Å². The molecule has 7 heteroatoms. The minimum Gasteiger partial charge on any atom is -0.462 e. The third-order valence-corrected chi connectivity index (χ3v) is 4.40. The van der Waals surface area contributed by atoms with Gasteiger partial charge in [-0.1, -0.05) is 12.1 Å². The van der Waals surface area contributed by atoms with Crippen molar-refractivity contribution in [2.75, 3.05) is 28.7 Å².